The van der Waals surface area contributed by atoms with E-state index in [9.17, 15) is 22.8 Å². The first-order chi connectivity index (χ1) is 13.2. The maximum atomic E-state index is 12.2. The van der Waals surface area contributed by atoms with Gasteiger partial charge in [-0.05, 0) is 25.5 Å². The summed E-state index contributed by atoms with van der Waals surface area (Å²) in [6.45, 7) is 1.26. The number of amides is 2. The highest BCUT2D eigenvalue weighted by molar-refractivity contribution is 7.91. The number of sulfone groups is 1. The fourth-order valence-corrected chi connectivity index (χ4v) is 4.54. The number of ether oxygens (including phenoxy) is 2. The van der Waals surface area contributed by atoms with Crippen molar-refractivity contribution >= 4 is 27.6 Å². The van der Waals surface area contributed by atoms with E-state index in [1.54, 1.807) is 31.2 Å². The molecular formula is C18H24N2O7S. The zero-order valence-corrected chi connectivity index (χ0v) is 16.7. The number of esters is 1. The molecular weight excluding hydrogens is 388 g/mol. The standard InChI is InChI=1S/C18H24N2O7S/c1-3-26-15-7-5-4-6-14(15)18(23)19-10-17(22)27-11-16(21)20(2)13-8-9-28(24,25)12-13/h4-7,13H,3,8-12H2,1-2H3,(H,19,23)/t13-/m1/s1. The summed E-state index contributed by atoms with van der Waals surface area (Å²) < 4.78 is 33.2. The van der Waals surface area contributed by atoms with Crippen LogP contribution in [-0.2, 0) is 24.2 Å². The van der Waals surface area contributed by atoms with Gasteiger partial charge in [-0.25, -0.2) is 8.42 Å². The lowest BCUT2D eigenvalue weighted by Gasteiger charge is -2.23. The predicted molar refractivity (Wildman–Crippen MR) is 101 cm³/mol. The molecule has 28 heavy (non-hydrogen) atoms. The second-order valence-electron chi connectivity index (χ2n) is 6.33. The van der Waals surface area contributed by atoms with Gasteiger partial charge >= 0.3 is 5.97 Å². The van der Waals surface area contributed by atoms with Gasteiger partial charge in [0.1, 0.15) is 12.3 Å². The first-order valence-corrected chi connectivity index (χ1v) is 10.7. The highest BCUT2D eigenvalue weighted by Gasteiger charge is 2.32. The molecule has 154 valence electrons. The Bertz CT molecular complexity index is 838. The van der Waals surface area contributed by atoms with Crippen molar-refractivity contribution < 1.29 is 32.3 Å². The van der Waals surface area contributed by atoms with Crippen molar-refractivity contribution in [1.29, 1.82) is 0 Å². The Morgan fingerprint density at radius 1 is 1.25 bits per heavy atom. The third-order valence-corrected chi connectivity index (χ3v) is 6.08. The number of para-hydroxylation sites is 1. The van der Waals surface area contributed by atoms with E-state index in [4.69, 9.17) is 9.47 Å². The Kier molecular flexibility index (Phi) is 7.38. The smallest absolute Gasteiger partial charge is 0.325 e. The lowest BCUT2D eigenvalue weighted by Crippen LogP contribution is -2.41. The summed E-state index contributed by atoms with van der Waals surface area (Å²) in [5.74, 6) is -1.41. The third-order valence-electron chi connectivity index (χ3n) is 4.33. The Balaban J connectivity index is 1.78. The number of likely N-dealkylation sites (N-methyl/N-ethyl adjacent to an activating group) is 1. The van der Waals surface area contributed by atoms with Crippen LogP contribution in [0.25, 0.3) is 0 Å². The monoisotopic (exact) mass is 412 g/mol. The summed E-state index contributed by atoms with van der Waals surface area (Å²) in [5.41, 5.74) is 0.287. The van der Waals surface area contributed by atoms with Crippen LogP contribution in [0.15, 0.2) is 24.3 Å². The molecule has 1 fully saturated rings. The molecule has 0 spiro atoms. The van der Waals surface area contributed by atoms with Gasteiger partial charge < -0.3 is 19.7 Å². The number of carbonyl (C=O) groups excluding carboxylic acids is 3. The van der Waals surface area contributed by atoms with Crippen molar-refractivity contribution in [3.63, 3.8) is 0 Å². The molecule has 1 heterocycles. The summed E-state index contributed by atoms with van der Waals surface area (Å²) >= 11 is 0. The van der Waals surface area contributed by atoms with E-state index in [0.717, 1.165) is 0 Å². The number of hydrogen-bond acceptors (Lipinski definition) is 7. The maximum absolute atomic E-state index is 12.2. The quantitative estimate of drug-likeness (QED) is 0.597. The van der Waals surface area contributed by atoms with Crippen LogP contribution in [0.4, 0.5) is 0 Å². The van der Waals surface area contributed by atoms with Crippen molar-refractivity contribution in [3.05, 3.63) is 29.8 Å². The molecule has 0 bridgehead atoms. The van der Waals surface area contributed by atoms with Crippen LogP contribution in [0.3, 0.4) is 0 Å². The lowest BCUT2D eigenvalue weighted by molar-refractivity contribution is -0.151. The Hall–Kier alpha value is -2.62. The molecule has 1 aliphatic rings. The van der Waals surface area contributed by atoms with Crippen molar-refractivity contribution in [1.82, 2.24) is 10.2 Å². The third kappa shape index (κ3) is 5.95. The van der Waals surface area contributed by atoms with Crippen molar-refractivity contribution in [3.8, 4) is 5.75 Å². The molecule has 1 aromatic rings. The van der Waals surface area contributed by atoms with Crippen molar-refractivity contribution in [2.45, 2.75) is 19.4 Å². The molecule has 2 rings (SSSR count). The maximum Gasteiger partial charge on any atom is 0.325 e. The van der Waals surface area contributed by atoms with Crippen LogP contribution in [-0.4, -0.2) is 75.5 Å². The average Bonchev–Trinajstić information content (AvgIpc) is 3.04. The molecule has 10 heteroatoms. The molecule has 0 saturated carbocycles. The highest BCUT2D eigenvalue weighted by Crippen LogP contribution is 2.18. The minimum absolute atomic E-state index is 0.0460. The molecule has 2 amide bonds. The summed E-state index contributed by atoms with van der Waals surface area (Å²) in [6, 6.07) is 6.21. The SMILES string of the molecule is CCOc1ccccc1C(=O)NCC(=O)OCC(=O)N(C)[C@@H]1CCS(=O)(=O)C1. The van der Waals surface area contributed by atoms with Crippen LogP contribution in [0.5, 0.6) is 5.75 Å². The zero-order chi connectivity index (χ0) is 20.7. The fraction of sp³-hybridized carbons (Fsp3) is 0.500. The van der Waals surface area contributed by atoms with E-state index in [1.807, 2.05) is 0 Å². The summed E-state index contributed by atoms with van der Waals surface area (Å²) in [6.07, 6.45) is 0.369. The van der Waals surface area contributed by atoms with Crippen LogP contribution < -0.4 is 10.1 Å². The molecule has 1 aromatic carbocycles. The van der Waals surface area contributed by atoms with Gasteiger partial charge in [0, 0.05) is 13.1 Å². The van der Waals surface area contributed by atoms with Crippen LogP contribution >= 0.6 is 0 Å². The molecule has 0 radical (unpaired) electrons. The van der Waals surface area contributed by atoms with E-state index >= 15 is 0 Å². The van der Waals surface area contributed by atoms with Gasteiger partial charge in [0.05, 0.1) is 23.7 Å². The van der Waals surface area contributed by atoms with Crippen LogP contribution in [0.2, 0.25) is 0 Å². The predicted octanol–water partition coefficient (Wildman–Crippen LogP) is 0.00380. The van der Waals surface area contributed by atoms with Crippen molar-refractivity contribution in [2.75, 3.05) is 38.3 Å². The highest BCUT2D eigenvalue weighted by atomic mass is 32.2. The van der Waals surface area contributed by atoms with Gasteiger partial charge in [0.15, 0.2) is 16.4 Å². The van der Waals surface area contributed by atoms with Crippen LogP contribution in [0.1, 0.15) is 23.7 Å². The van der Waals surface area contributed by atoms with E-state index in [2.05, 4.69) is 5.32 Å². The number of rotatable bonds is 8. The molecule has 0 aromatic heterocycles. The summed E-state index contributed by atoms with van der Waals surface area (Å²) in [5, 5.41) is 2.42. The van der Waals surface area contributed by atoms with Gasteiger partial charge in [-0.1, -0.05) is 12.1 Å². The number of benzene rings is 1. The molecule has 1 saturated heterocycles. The topological polar surface area (TPSA) is 119 Å². The van der Waals surface area contributed by atoms with Gasteiger partial charge in [-0.2, -0.15) is 0 Å². The minimum Gasteiger partial charge on any atom is -0.493 e. The summed E-state index contributed by atoms with van der Waals surface area (Å²) in [7, 11) is -1.64. The number of hydrogen-bond donors (Lipinski definition) is 1. The Morgan fingerprint density at radius 3 is 2.61 bits per heavy atom. The van der Waals surface area contributed by atoms with Gasteiger partial charge in [0.2, 0.25) is 0 Å². The van der Waals surface area contributed by atoms with E-state index < -0.39 is 46.8 Å². The molecule has 1 N–H and O–H groups in total. The molecule has 1 aliphatic heterocycles. The number of nitrogens with zero attached hydrogens (tertiary/aromatic N) is 1. The molecule has 9 nitrogen and oxygen atoms in total. The Labute approximate surface area is 163 Å². The first-order valence-electron chi connectivity index (χ1n) is 8.85. The zero-order valence-electron chi connectivity index (χ0n) is 15.8. The summed E-state index contributed by atoms with van der Waals surface area (Å²) in [4.78, 5) is 37.4. The van der Waals surface area contributed by atoms with Crippen molar-refractivity contribution in [2.24, 2.45) is 0 Å². The number of nitrogens with one attached hydrogen (secondary N) is 1. The molecule has 0 unspecified atom stereocenters. The van der Waals surface area contributed by atoms with E-state index in [0.29, 0.717) is 18.8 Å². The molecule has 1 atom stereocenters. The fourth-order valence-electron chi connectivity index (χ4n) is 2.76. The van der Waals surface area contributed by atoms with Gasteiger partial charge in [0.25, 0.3) is 11.8 Å². The first kappa shape index (κ1) is 21.7. The van der Waals surface area contributed by atoms with Crippen LogP contribution in [0, 0.1) is 0 Å². The molecule has 0 aliphatic carbocycles. The second kappa shape index (κ2) is 9.54. The largest absolute Gasteiger partial charge is 0.493 e. The Morgan fingerprint density at radius 2 is 1.96 bits per heavy atom. The minimum atomic E-state index is -3.12. The van der Waals surface area contributed by atoms with E-state index in [1.165, 1.54) is 11.9 Å². The van der Waals surface area contributed by atoms with E-state index in [-0.39, 0.29) is 17.1 Å². The second-order valence-corrected chi connectivity index (χ2v) is 8.56. The lowest BCUT2D eigenvalue weighted by atomic mass is 10.2. The van der Waals surface area contributed by atoms with Gasteiger partial charge in [-0.15, -0.1) is 0 Å². The average molecular weight is 412 g/mol. The van der Waals surface area contributed by atoms with Gasteiger partial charge in [-0.3, -0.25) is 14.4 Å². The number of carbonyl (C=O) groups is 3. The normalized spacial score (nSPS) is 17.6.